The molecular weight excluding hydrogens is 228 g/mol. The number of nitrogens with zero attached hydrogens (tertiary/aromatic N) is 3. The van der Waals surface area contributed by atoms with Crippen LogP contribution in [0.1, 0.15) is 33.1 Å². The van der Waals surface area contributed by atoms with E-state index in [1.807, 2.05) is 0 Å². The van der Waals surface area contributed by atoms with Crippen molar-refractivity contribution in [3.05, 3.63) is 12.2 Å². The van der Waals surface area contributed by atoms with Crippen molar-refractivity contribution in [3.63, 3.8) is 0 Å². The smallest absolute Gasteiger partial charge is 0.227 e. The van der Waals surface area contributed by atoms with Gasteiger partial charge in [0.05, 0.1) is 0 Å². The van der Waals surface area contributed by atoms with Crippen molar-refractivity contribution in [2.75, 3.05) is 26.2 Å². The van der Waals surface area contributed by atoms with Crippen molar-refractivity contribution in [1.82, 2.24) is 20.4 Å². The summed E-state index contributed by atoms with van der Waals surface area (Å²) in [5, 5.41) is 7.21. The first-order valence-corrected chi connectivity index (χ1v) is 6.76. The molecule has 2 rings (SSSR count). The molecular formula is C13H24N4O. The molecule has 1 atom stereocenters. The molecule has 1 aliphatic rings. The first kappa shape index (κ1) is 13.5. The van der Waals surface area contributed by atoms with E-state index in [2.05, 4.69) is 41.1 Å². The van der Waals surface area contributed by atoms with Crippen molar-refractivity contribution in [2.24, 2.45) is 5.92 Å². The van der Waals surface area contributed by atoms with Gasteiger partial charge in [0, 0.05) is 25.0 Å². The van der Waals surface area contributed by atoms with Crippen molar-refractivity contribution in [3.8, 4) is 0 Å². The highest BCUT2D eigenvalue weighted by atomic mass is 16.5. The summed E-state index contributed by atoms with van der Waals surface area (Å²) in [6, 6.07) is 0. The van der Waals surface area contributed by atoms with Crippen molar-refractivity contribution in [2.45, 2.75) is 39.2 Å². The van der Waals surface area contributed by atoms with Gasteiger partial charge in [-0.2, -0.15) is 4.98 Å². The van der Waals surface area contributed by atoms with Gasteiger partial charge in [-0.3, -0.25) is 0 Å². The van der Waals surface area contributed by atoms with Crippen LogP contribution in [0.25, 0.3) is 0 Å². The fourth-order valence-electron chi connectivity index (χ4n) is 2.29. The zero-order valence-corrected chi connectivity index (χ0v) is 11.6. The SMILES string of the molecule is CC(C)(C)NCC1CCN(CCc2ncno2)C1. The monoisotopic (exact) mass is 252 g/mol. The third-order valence-corrected chi connectivity index (χ3v) is 3.34. The normalized spacial score (nSPS) is 21.6. The Kier molecular flexibility index (Phi) is 4.35. The summed E-state index contributed by atoms with van der Waals surface area (Å²) < 4.78 is 5.01. The molecule has 0 radical (unpaired) electrons. The molecule has 1 aromatic rings. The Balaban J connectivity index is 1.65. The lowest BCUT2D eigenvalue weighted by Crippen LogP contribution is -2.39. The maximum Gasteiger partial charge on any atom is 0.227 e. The van der Waals surface area contributed by atoms with Gasteiger partial charge in [0.15, 0.2) is 6.33 Å². The molecule has 0 amide bonds. The molecule has 1 fully saturated rings. The van der Waals surface area contributed by atoms with E-state index in [4.69, 9.17) is 4.52 Å². The Morgan fingerprint density at radius 3 is 3.00 bits per heavy atom. The van der Waals surface area contributed by atoms with Gasteiger partial charge in [0.25, 0.3) is 0 Å². The minimum Gasteiger partial charge on any atom is -0.340 e. The molecule has 1 aromatic heterocycles. The van der Waals surface area contributed by atoms with Gasteiger partial charge >= 0.3 is 0 Å². The van der Waals surface area contributed by atoms with Crippen LogP contribution >= 0.6 is 0 Å². The number of nitrogens with one attached hydrogen (secondary N) is 1. The fourth-order valence-corrected chi connectivity index (χ4v) is 2.29. The summed E-state index contributed by atoms with van der Waals surface area (Å²) in [7, 11) is 0. The van der Waals surface area contributed by atoms with Crippen LogP contribution in [-0.2, 0) is 6.42 Å². The number of likely N-dealkylation sites (tertiary alicyclic amines) is 1. The van der Waals surface area contributed by atoms with Crippen LogP contribution in [0.2, 0.25) is 0 Å². The second-order valence-electron chi connectivity index (χ2n) is 6.17. The van der Waals surface area contributed by atoms with Gasteiger partial charge in [-0.15, -0.1) is 0 Å². The van der Waals surface area contributed by atoms with E-state index >= 15 is 0 Å². The molecule has 2 heterocycles. The van der Waals surface area contributed by atoms with Crippen molar-refractivity contribution >= 4 is 0 Å². The van der Waals surface area contributed by atoms with Gasteiger partial charge in [0.1, 0.15) is 0 Å². The molecule has 18 heavy (non-hydrogen) atoms. The average molecular weight is 252 g/mol. The lowest BCUT2D eigenvalue weighted by Gasteiger charge is -2.23. The lowest BCUT2D eigenvalue weighted by atomic mass is 10.1. The van der Waals surface area contributed by atoms with E-state index in [0.29, 0.717) is 0 Å². The number of hydrogen-bond donors (Lipinski definition) is 1. The van der Waals surface area contributed by atoms with Crippen LogP contribution < -0.4 is 5.32 Å². The molecule has 0 spiro atoms. The Morgan fingerprint density at radius 1 is 1.50 bits per heavy atom. The van der Waals surface area contributed by atoms with Crippen molar-refractivity contribution < 1.29 is 4.52 Å². The first-order chi connectivity index (χ1) is 8.53. The zero-order valence-electron chi connectivity index (χ0n) is 11.6. The third kappa shape index (κ3) is 4.38. The molecule has 1 aliphatic heterocycles. The third-order valence-electron chi connectivity index (χ3n) is 3.34. The maximum absolute atomic E-state index is 5.01. The Hall–Kier alpha value is -0.940. The molecule has 5 heteroatoms. The van der Waals surface area contributed by atoms with Gasteiger partial charge < -0.3 is 14.7 Å². The minimum atomic E-state index is 0.219. The molecule has 0 saturated carbocycles. The van der Waals surface area contributed by atoms with E-state index < -0.39 is 0 Å². The van der Waals surface area contributed by atoms with E-state index in [9.17, 15) is 0 Å². The number of hydrogen-bond acceptors (Lipinski definition) is 5. The predicted molar refractivity (Wildman–Crippen MR) is 70.3 cm³/mol. The molecule has 0 aromatic carbocycles. The number of aromatic nitrogens is 2. The van der Waals surface area contributed by atoms with Crippen LogP contribution in [-0.4, -0.2) is 46.8 Å². The zero-order chi connectivity index (χ0) is 13.0. The molecule has 0 bridgehead atoms. The van der Waals surface area contributed by atoms with Gasteiger partial charge in [0.2, 0.25) is 5.89 Å². The topological polar surface area (TPSA) is 54.2 Å². The highest BCUT2D eigenvalue weighted by Crippen LogP contribution is 2.16. The molecule has 102 valence electrons. The van der Waals surface area contributed by atoms with E-state index in [1.165, 1.54) is 25.8 Å². The average Bonchev–Trinajstić information content (AvgIpc) is 2.94. The Morgan fingerprint density at radius 2 is 2.33 bits per heavy atom. The lowest BCUT2D eigenvalue weighted by molar-refractivity contribution is 0.295. The van der Waals surface area contributed by atoms with Crippen LogP contribution in [0.5, 0.6) is 0 Å². The molecule has 1 unspecified atom stereocenters. The highest BCUT2D eigenvalue weighted by Gasteiger charge is 2.23. The highest BCUT2D eigenvalue weighted by molar-refractivity contribution is 4.83. The first-order valence-electron chi connectivity index (χ1n) is 6.76. The fraction of sp³-hybridized carbons (Fsp3) is 0.846. The summed E-state index contributed by atoms with van der Waals surface area (Å²) in [6.45, 7) is 11.1. The predicted octanol–water partition coefficient (Wildman–Crippen LogP) is 1.32. The van der Waals surface area contributed by atoms with E-state index in [0.717, 1.165) is 31.3 Å². The van der Waals surface area contributed by atoms with Crippen LogP contribution in [0.15, 0.2) is 10.9 Å². The Bertz CT molecular complexity index is 344. The summed E-state index contributed by atoms with van der Waals surface area (Å²) in [4.78, 5) is 6.53. The molecule has 1 saturated heterocycles. The van der Waals surface area contributed by atoms with Crippen LogP contribution in [0, 0.1) is 5.92 Å². The molecule has 0 aliphatic carbocycles. The quantitative estimate of drug-likeness (QED) is 0.856. The molecule has 1 N–H and O–H groups in total. The number of rotatable bonds is 5. The summed E-state index contributed by atoms with van der Waals surface area (Å²) in [6.07, 6.45) is 3.61. The maximum atomic E-state index is 5.01. The van der Waals surface area contributed by atoms with E-state index in [1.54, 1.807) is 0 Å². The standard InChI is InChI=1S/C13H24N4O/c1-13(2,3)15-8-11-4-6-17(9-11)7-5-12-14-10-16-18-12/h10-11,15H,4-9H2,1-3H3. The van der Waals surface area contributed by atoms with Crippen LogP contribution in [0.4, 0.5) is 0 Å². The second kappa shape index (κ2) is 5.80. The summed E-state index contributed by atoms with van der Waals surface area (Å²) in [5.41, 5.74) is 0.219. The van der Waals surface area contributed by atoms with Gasteiger partial charge in [-0.05, 0) is 46.2 Å². The summed E-state index contributed by atoms with van der Waals surface area (Å²) >= 11 is 0. The largest absolute Gasteiger partial charge is 0.340 e. The van der Waals surface area contributed by atoms with Gasteiger partial charge in [-0.25, -0.2) is 0 Å². The van der Waals surface area contributed by atoms with Gasteiger partial charge in [-0.1, -0.05) is 5.16 Å². The van der Waals surface area contributed by atoms with Crippen molar-refractivity contribution in [1.29, 1.82) is 0 Å². The molecule has 5 nitrogen and oxygen atoms in total. The Labute approximate surface area is 109 Å². The summed E-state index contributed by atoms with van der Waals surface area (Å²) in [5.74, 6) is 1.51. The van der Waals surface area contributed by atoms with E-state index in [-0.39, 0.29) is 5.54 Å². The van der Waals surface area contributed by atoms with Crippen LogP contribution in [0.3, 0.4) is 0 Å². The second-order valence-corrected chi connectivity index (χ2v) is 6.17. The minimum absolute atomic E-state index is 0.219.